The van der Waals surface area contributed by atoms with Gasteiger partial charge in [0, 0.05) is 26.2 Å². The van der Waals surface area contributed by atoms with Crippen LogP contribution in [0.1, 0.15) is 11.5 Å². The van der Waals surface area contributed by atoms with Crippen molar-refractivity contribution in [3.8, 4) is 11.6 Å². The Morgan fingerprint density at radius 3 is 2.59 bits per heavy atom. The van der Waals surface area contributed by atoms with Crippen molar-refractivity contribution in [3.63, 3.8) is 0 Å². The van der Waals surface area contributed by atoms with E-state index in [2.05, 4.69) is 15.0 Å². The van der Waals surface area contributed by atoms with Gasteiger partial charge in [-0.15, -0.1) is 0 Å². The Bertz CT molecular complexity index is 884. The predicted molar refractivity (Wildman–Crippen MR) is 94.0 cm³/mol. The maximum atomic E-state index is 13.0. The van der Waals surface area contributed by atoms with E-state index in [1.165, 1.54) is 12.1 Å². The number of rotatable bonds is 5. The number of amides is 1. The monoisotopic (exact) mass is 370 g/mol. The molecule has 1 aromatic carbocycles. The van der Waals surface area contributed by atoms with Gasteiger partial charge < -0.3 is 13.8 Å². The Morgan fingerprint density at radius 1 is 1.11 bits per heavy atom. The van der Waals surface area contributed by atoms with Gasteiger partial charge in [-0.05, 0) is 29.8 Å². The van der Waals surface area contributed by atoms with Crippen LogP contribution in [0.25, 0.3) is 11.6 Å². The molecule has 4 rings (SSSR count). The summed E-state index contributed by atoms with van der Waals surface area (Å²) in [4.78, 5) is 20.8. The van der Waals surface area contributed by atoms with Gasteiger partial charge in [0.05, 0.1) is 19.2 Å². The second kappa shape index (κ2) is 7.71. The summed E-state index contributed by atoms with van der Waals surface area (Å²) in [5.74, 6) is 1.28. The molecule has 0 N–H and O–H groups in total. The van der Waals surface area contributed by atoms with E-state index < -0.39 is 0 Å². The number of carbonyl (C=O) groups is 1. The summed E-state index contributed by atoms with van der Waals surface area (Å²) in [5.41, 5.74) is 0.820. The van der Waals surface area contributed by atoms with Gasteiger partial charge in [-0.2, -0.15) is 4.98 Å². The summed E-state index contributed by atoms with van der Waals surface area (Å²) < 4.78 is 23.5. The number of halogens is 1. The van der Waals surface area contributed by atoms with E-state index in [9.17, 15) is 9.18 Å². The lowest BCUT2D eigenvalue weighted by Crippen LogP contribution is -2.48. The zero-order chi connectivity index (χ0) is 18.6. The van der Waals surface area contributed by atoms with Crippen molar-refractivity contribution in [1.82, 2.24) is 19.9 Å². The van der Waals surface area contributed by atoms with E-state index >= 15 is 0 Å². The molecule has 1 aliphatic rings. The molecule has 3 heterocycles. The molecule has 0 bridgehead atoms. The number of piperazine rings is 1. The lowest BCUT2D eigenvalue weighted by Gasteiger charge is -2.34. The van der Waals surface area contributed by atoms with E-state index in [-0.39, 0.29) is 18.1 Å². The molecular weight excluding hydrogens is 351 g/mol. The second-order valence-electron chi connectivity index (χ2n) is 6.45. The van der Waals surface area contributed by atoms with Gasteiger partial charge in [-0.3, -0.25) is 9.69 Å². The summed E-state index contributed by atoms with van der Waals surface area (Å²) in [6.45, 7) is 3.27. The van der Waals surface area contributed by atoms with Gasteiger partial charge in [-0.25, -0.2) is 4.39 Å². The zero-order valence-electron chi connectivity index (χ0n) is 14.7. The van der Waals surface area contributed by atoms with Crippen molar-refractivity contribution in [2.45, 2.75) is 13.0 Å². The quantitative estimate of drug-likeness (QED) is 0.686. The standard InChI is InChI=1S/C19H19FN4O3/c20-15-5-3-14(4-6-15)12-18(25)24-9-7-23(8-10-24)13-17-21-19(22-27-17)16-2-1-11-26-16/h1-6,11H,7-10,12-13H2. The number of furan rings is 1. The van der Waals surface area contributed by atoms with Crippen LogP contribution in [0.5, 0.6) is 0 Å². The Balaban J connectivity index is 1.27. The third-order valence-electron chi connectivity index (χ3n) is 4.56. The molecule has 8 heteroatoms. The summed E-state index contributed by atoms with van der Waals surface area (Å²) in [7, 11) is 0. The van der Waals surface area contributed by atoms with Gasteiger partial charge in [0.15, 0.2) is 5.76 Å². The third kappa shape index (κ3) is 4.22. The number of hydrogen-bond acceptors (Lipinski definition) is 6. The minimum absolute atomic E-state index is 0.0548. The molecule has 0 atom stereocenters. The Labute approximate surface area is 155 Å². The highest BCUT2D eigenvalue weighted by Gasteiger charge is 2.23. The number of aromatic nitrogens is 2. The molecule has 0 aliphatic carbocycles. The molecule has 0 unspecified atom stereocenters. The van der Waals surface area contributed by atoms with E-state index in [4.69, 9.17) is 8.94 Å². The van der Waals surface area contributed by atoms with Crippen molar-refractivity contribution < 1.29 is 18.1 Å². The number of carbonyl (C=O) groups excluding carboxylic acids is 1. The molecule has 0 spiro atoms. The third-order valence-corrected chi connectivity index (χ3v) is 4.56. The Morgan fingerprint density at radius 2 is 1.89 bits per heavy atom. The maximum absolute atomic E-state index is 13.0. The lowest BCUT2D eigenvalue weighted by molar-refractivity contribution is -0.132. The van der Waals surface area contributed by atoms with Crippen LogP contribution in [0.2, 0.25) is 0 Å². The van der Waals surface area contributed by atoms with E-state index in [1.54, 1.807) is 30.5 Å². The van der Waals surface area contributed by atoms with Gasteiger partial charge in [-0.1, -0.05) is 17.3 Å². The van der Waals surface area contributed by atoms with Gasteiger partial charge in [0.2, 0.25) is 17.6 Å². The molecule has 3 aromatic rings. The van der Waals surface area contributed by atoms with Crippen LogP contribution in [0, 0.1) is 5.82 Å². The highest BCUT2D eigenvalue weighted by molar-refractivity contribution is 5.78. The first-order valence-electron chi connectivity index (χ1n) is 8.78. The minimum atomic E-state index is -0.295. The van der Waals surface area contributed by atoms with Crippen molar-refractivity contribution >= 4 is 5.91 Å². The van der Waals surface area contributed by atoms with Crippen LogP contribution >= 0.6 is 0 Å². The Kier molecular flexibility index (Phi) is 4.97. The minimum Gasteiger partial charge on any atom is -0.461 e. The summed E-state index contributed by atoms with van der Waals surface area (Å²) >= 11 is 0. The number of benzene rings is 1. The second-order valence-corrected chi connectivity index (χ2v) is 6.45. The molecule has 1 saturated heterocycles. The molecular formula is C19H19FN4O3. The first-order valence-corrected chi connectivity index (χ1v) is 8.78. The number of nitrogens with zero attached hydrogens (tertiary/aromatic N) is 4. The molecule has 2 aromatic heterocycles. The fourth-order valence-electron chi connectivity index (χ4n) is 3.06. The van der Waals surface area contributed by atoms with E-state index in [1.807, 2.05) is 4.90 Å². The van der Waals surface area contributed by atoms with Crippen molar-refractivity contribution in [2.24, 2.45) is 0 Å². The fourth-order valence-corrected chi connectivity index (χ4v) is 3.06. The SMILES string of the molecule is O=C(Cc1ccc(F)cc1)N1CCN(Cc2nc(-c3ccco3)no2)CC1. The van der Waals surface area contributed by atoms with Gasteiger partial charge in [0.1, 0.15) is 5.82 Å². The number of hydrogen-bond donors (Lipinski definition) is 0. The van der Waals surface area contributed by atoms with E-state index in [0.717, 1.165) is 18.7 Å². The van der Waals surface area contributed by atoms with Crippen molar-refractivity contribution in [3.05, 3.63) is 59.9 Å². The van der Waals surface area contributed by atoms with Gasteiger partial charge in [0.25, 0.3) is 0 Å². The highest BCUT2D eigenvalue weighted by atomic mass is 19.1. The van der Waals surface area contributed by atoms with E-state index in [0.29, 0.717) is 37.1 Å². The van der Waals surface area contributed by atoms with Crippen LogP contribution in [-0.4, -0.2) is 52.0 Å². The zero-order valence-corrected chi connectivity index (χ0v) is 14.7. The van der Waals surface area contributed by atoms with Crippen LogP contribution < -0.4 is 0 Å². The molecule has 1 aliphatic heterocycles. The largest absolute Gasteiger partial charge is 0.461 e. The molecule has 1 amide bonds. The molecule has 1 fully saturated rings. The van der Waals surface area contributed by atoms with Crippen LogP contribution in [0.4, 0.5) is 4.39 Å². The average Bonchev–Trinajstić information content (AvgIpc) is 3.36. The topological polar surface area (TPSA) is 75.6 Å². The molecule has 0 radical (unpaired) electrons. The van der Waals surface area contributed by atoms with Crippen LogP contribution in [0.15, 0.2) is 51.6 Å². The summed E-state index contributed by atoms with van der Waals surface area (Å²) in [6.07, 6.45) is 1.85. The molecule has 140 valence electrons. The smallest absolute Gasteiger partial charge is 0.241 e. The lowest BCUT2D eigenvalue weighted by atomic mass is 10.1. The molecule has 7 nitrogen and oxygen atoms in total. The summed E-state index contributed by atoms with van der Waals surface area (Å²) in [6, 6.07) is 9.60. The van der Waals surface area contributed by atoms with Crippen molar-refractivity contribution in [1.29, 1.82) is 0 Å². The average molecular weight is 370 g/mol. The van der Waals surface area contributed by atoms with Crippen LogP contribution in [-0.2, 0) is 17.8 Å². The normalized spacial score (nSPS) is 15.2. The molecule has 27 heavy (non-hydrogen) atoms. The maximum Gasteiger partial charge on any atom is 0.241 e. The summed E-state index contributed by atoms with van der Waals surface area (Å²) in [5, 5.41) is 3.92. The van der Waals surface area contributed by atoms with Crippen molar-refractivity contribution in [2.75, 3.05) is 26.2 Å². The molecule has 0 saturated carbocycles. The predicted octanol–water partition coefficient (Wildman–Crippen LogP) is 2.36. The first kappa shape index (κ1) is 17.4. The Hall–Kier alpha value is -3.00. The van der Waals surface area contributed by atoms with Crippen LogP contribution in [0.3, 0.4) is 0 Å². The fraction of sp³-hybridized carbons (Fsp3) is 0.316. The highest BCUT2D eigenvalue weighted by Crippen LogP contribution is 2.17. The van der Waals surface area contributed by atoms with Gasteiger partial charge >= 0.3 is 0 Å². The first-order chi connectivity index (χ1) is 13.2.